The molecule has 4 aliphatic rings. The fraction of sp³-hybridized carbons (Fsp3) is 0.213. The molecule has 2 atom stereocenters. The highest BCUT2D eigenvalue weighted by atomic mass is 32.1. The summed E-state index contributed by atoms with van der Waals surface area (Å²) in [5.41, 5.74) is 18.4. The Morgan fingerprint density at radius 3 is 1.94 bits per heavy atom. The van der Waals surface area contributed by atoms with E-state index in [0.717, 1.165) is 0 Å². The van der Waals surface area contributed by atoms with Gasteiger partial charge in [0.05, 0.1) is 21.6 Å². The molecule has 0 spiro atoms. The number of rotatable bonds is 3. The molecule has 0 bridgehead atoms. The number of fused-ring (bicyclic) bond motifs is 13. The third-order valence-electron chi connectivity index (χ3n) is 16.6. The summed E-state index contributed by atoms with van der Waals surface area (Å²) in [7, 11) is 0. The van der Waals surface area contributed by atoms with Gasteiger partial charge in [-0.25, -0.2) is 0 Å². The fourth-order valence-corrected chi connectivity index (χ4v) is 15.5. The smallest absolute Gasteiger partial charge is 0.252 e. The summed E-state index contributed by atoms with van der Waals surface area (Å²) in [5, 5.41) is 5.28. The number of hydrogen-bond donors (Lipinski definition) is 0. The molecule has 0 radical (unpaired) electrons. The van der Waals surface area contributed by atoms with Gasteiger partial charge in [-0.05, 0) is 132 Å². The van der Waals surface area contributed by atoms with E-state index in [1.54, 1.807) is 0 Å². The Kier molecular flexibility index (Phi) is 8.24. The van der Waals surface area contributed by atoms with E-state index < -0.39 is 0 Å². The predicted molar refractivity (Wildman–Crippen MR) is 292 cm³/mol. The Bertz CT molecular complexity index is 3740. The second-order valence-corrected chi connectivity index (χ2v) is 23.4. The molecule has 5 heterocycles. The summed E-state index contributed by atoms with van der Waals surface area (Å²) in [5.74, 6) is 0. The van der Waals surface area contributed by atoms with Crippen LogP contribution in [-0.2, 0) is 10.8 Å². The maximum absolute atomic E-state index is 2.76. The standard InChI is InChI=1S/C61H52BN3S2/c1-37-33-51-57-52(34-37)64(48-23-15-19-41-40-17-7-11-24-53(40)67-58(41)48)50-36-39(65-46-21-10-9-20-43(46)60(5)31-13-14-32-61(60,65)6)28-30-45(50)62(57)44-29-27-38(59(2,3)4)35-49(44)63(51)47-22-16-26-55-56(47)42-18-8-12-25-54(42)66-55/h7-12,15-30,33-36H,13-14,31-32H2,1-6H3. The van der Waals surface area contributed by atoms with Crippen LogP contribution in [0.5, 0.6) is 0 Å². The lowest BCUT2D eigenvalue weighted by Gasteiger charge is -2.50. The van der Waals surface area contributed by atoms with Gasteiger partial charge >= 0.3 is 0 Å². The summed E-state index contributed by atoms with van der Waals surface area (Å²) in [4.78, 5) is 8.09. The Labute approximate surface area is 402 Å². The van der Waals surface area contributed by atoms with Crippen molar-refractivity contribution in [2.24, 2.45) is 0 Å². The van der Waals surface area contributed by atoms with Crippen LogP contribution in [0.3, 0.4) is 0 Å². The predicted octanol–water partition coefficient (Wildman–Crippen LogP) is 15.9. The average molecular weight is 902 g/mol. The van der Waals surface area contributed by atoms with E-state index in [-0.39, 0.29) is 23.1 Å². The number of para-hydroxylation sites is 1. The fourth-order valence-electron chi connectivity index (χ4n) is 13.2. The van der Waals surface area contributed by atoms with E-state index >= 15 is 0 Å². The van der Waals surface area contributed by atoms with Gasteiger partial charge in [-0.3, -0.25) is 0 Å². The third kappa shape index (κ3) is 5.34. The molecule has 8 aromatic carbocycles. The first-order valence-electron chi connectivity index (χ1n) is 24.3. The van der Waals surface area contributed by atoms with Gasteiger partial charge in [0.1, 0.15) is 0 Å². The number of benzene rings is 8. The minimum Gasteiger partial charge on any atom is -0.334 e. The Balaban J connectivity index is 1.09. The number of thiophene rings is 2. The van der Waals surface area contributed by atoms with E-state index in [0.29, 0.717) is 0 Å². The minimum absolute atomic E-state index is 0.0209. The first kappa shape index (κ1) is 39.8. The van der Waals surface area contributed by atoms with Crippen molar-refractivity contribution in [2.45, 2.75) is 83.6 Å². The maximum atomic E-state index is 2.76. The molecular weight excluding hydrogens is 850 g/mol. The molecule has 14 rings (SSSR count). The zero-order valence-corrected chi connectivity index (χ0v) is 40.7. The molecule has 0 saturated heterocycles. The van der Waals surface area contributed by atoms with Gasteiger partial charge in [0.25, 0.3) is 6.71 Å². The van der Waals surface area contributed by atoms with Crippen LogP contribution in [0.15, 0.2) is 158 Å². The highest BCUT2D eigenvalue weighted by molar-refractivity contribution is 7.26. The number of anilines is 8. The van der Waals surface area contributed by atoms with Gasteiger partial charge in [-0.1, -0.05) is 132 Å². The molecule has 1 fully saturated rings. The first-order chi connectivity index (χ1) is 32.5. The summed E-state index contributed by atoms with van der Waals surface area (Å²) in [6.07, 6.45) is 4.89. The molecule has 3 nitrogen and oxygen atoms in total. The van der Waals surface area contributed by atoms with Crippen molar-refractivity contribution in [3.05, 3.63) is 174 Å². The van der Waals surface area contributed by atoms with Gasteiger partial charge in [-0.2, -0.15) is 0 Å². The molecule has 2 unspecified atom stereocenters. The Morgan fingerprint density at radius 2 is 1.13 bits per heavy atom. The molecule has 10 aromatic rings. The molecule has 1 aliphatic carbocycles. The van der Waals surface area contributed by atoms with Crippen LogP contribution < -0.4 is 31.1 Å². The van der Waals surface area contributed by atoms with Gasteiger partial charge in [0.2, 0.25) is 0 Å². The molecular formula is C61H52BN3S2. The van der Waals surface area contributed by atoms with E-state index in [4.69, 9.17) is 0 Å². The SMILES string of the molecule is Cc1cc2c3c(c1)N(c1cccc4sc5ccccc5c14)c1cc(C(C)(C)C)ccc1B3c1ccc(N3c4ccccc4C4(C)CCCCC34C)cc1N2c1cccc2c1sc1ccccc12. The molecule has 67 heavy (non-hydrogen) atoms. The van der Waals surface area contributed by atoms with Gasteiger partial charge in [0.15, 0.2) is 0 Å². The van der Waals surface area contributed by atoms with Gasteiger partial charge < -0.3 is 14.7 Å². The van der Waals surface area contributed by atoms with Crippen LogP contribution in [0.2, 0.25) is 0 Å². The molecule has 6 heteroatoms. The van der Waals surface area contributed by atoms with Gasteiger partial charge in [-0.15, -0.1) is 22.7 Å². The number of nitrogens with zero attached hydrogens (tertiary/aromatic N) is 3. The molecule has 0 N–H and O–H groups in total. The third-order valence-corrected chi connectivity index (χ3v) is 18.9. The van der Waals surface area contributed by atoms with Crippen LogP contribution in [0.25, 0.3) is 40.3 Å². The molecule has 1 saturated carbocycles. The lowest BCUT2D eigenvalue weighted by atomic mass is 9.33. The van der Waals surface area contributed by atoms with Crippen molar-refractivity contribution in [3.8, 4) is 0 Å². The van der Waals surface area contributed by atoms with Crippen LogP contribution in [0.4, 0.5) is 45.5 Å². The van der Waals surface area contributed by atoms with Crippen LogP contribution in [0, 0.1) is 6.92 Å². The zero-order valence-electron chi connectivity index (χ0n) is 39.1. The summed E-state index contributed by atoms with van der Waals surface area (Å²) in [6, 6.07) is 61.2. The van der Waals surface area contributed by atoms with Crippen molar-refractivity contribution < 1.29 is 0 Å². The summed E-state index contributed by atoms with van der Waals surface area (Å²) in [6.45, 7) is 14.5. The zero-order chi connectivity index (χ0) is 45.1. The monoisotopic (exact) mass is 901 g/mol. The highest BCUT2D eigenvalue weighted by Gasteiger charge is 2.58. The topological polar surface area (TPSA) is 9.72 Å². The van der Waals surface area contributed by atoms with Crippen molar-refractivity contribution in [1.29, 1.82) is 0 Å². The Hall–Kier alpha value is -6.34. The summed E-state index contributed by atoms with van der Waals surface area (Å²) >= 11 is 3.83. The minimum atomic E-state index is -0.0516. The lowest BCUT2D eigenvalue weighted by Crippen LogP contribution is -2.61. The van der Waals surface area contributed by atoms with E-state index in [1.165, 1.54) is 145 Å². The molecule has 2 aromatic heterocycles. The maximum Gasteiger partial charge on any atom is 0.252 e. The molecule has 326 valence electrons. The molecule has 3 aliphatic heterocycles. The van der Waals surface area contributed by atoms with Crippen molar-refractivity contribution in [2.75, 3.05) is 14.7 Å². The van der Waals surface area contributed by atoms with E-state index in [9.17, 15) is 0 Å². The second kappa shape index (κ2) is 13.9. The summed E-state index contributed by atoms with van der Waals surface area (Å²) < 4.78 is 5.29. The highest BCUT2D eigenvalue weighted by Crippen LogP contribution is 2.61. The number of hydrogen-bond acceptors (Lipinski definition) is 5. The quantitative estimate of drug-likeness (QED) is 0.164. The van der Waals surface area contributed by atoms with Crippen molar-refractivity contribution in [3.63, 3.8) is 0 Å². The van der Waals surface area contributed by atoms with Crippen LogP contribution in [-0.4, -0.2) is 12.3 Å². The first-order valence-corrected chi connectivity index (χ1v) is 25.9. The van der Waals surface area contributed by atoms with Gasteiger partial charge in [0, 0.05) is 75.2 Å². The van der Waals surface area contributed by atoms with E-state index in [1.807, 2.05) is 22.7 Å². The molecule has 0 amide bonds. The lowest BCUT2D eigenvalue weighted by molar-refractivity contribution is 0.195. The second-order valence-electron chi connectivity index (χ2n) is 21.3. The normalized spacial score (nSPS) is 19.6. The Morgan fingerprint density at radius 1 is 0.522 bits per heavy atom. The number of aryl methyl sites for hydroxylation is 1. The average Bonchev–Trinajstić information content (AvgIpc) is 3.97. The van der Waals surface area contributed by atoms with Crippen LogP contribution >= 0.6 is 22.7 Å². The van der Waals surface area contributed by atoms with E-state index in [2.05, 4.69) is 214 Å². The van der Waals surface area contributed by atoms with Crippen molar-refractivity contribution >= 4 is 132 Å². The van der Waals surface area contributed by atoms with Crippen molar-refractivity contribution in [1.82, 2.24) is 0 Å². The largest absolute Gasteiger partial charge is 0.334 e. The van der Waals surface area contributed by atoms with Crippen LogP contribution in [0.1, 0.15) is 77.0 Å².